The van der Waals surface area contributed by atoms with Gasteiger partial charge in [-0.3, -0.25) is 18.6 Å². The van der Waals surface area contributed by atoms with Crippen LogP contribution >= 0.6 is 19.6 Å². The molecule has 2 atom stereocenters. The Morgan fingerprint density at radius 1 is 1.11 bits per heavy atom. The topological polar surface area (TPSA) is 134 Å². The van der Waals surface area contributed by atoms with Gasteiger partial charge in [-0.05, 0) is 6.92 Å². The maximum atomic E-state index is 12.1. The molecule has 2 amide bonds. The van der Waals surface area contributed by atoms with Crippen molar-refractivity contribution in [1.82, 2.24) is 10.6 Å². The van der Waals surface area contributed by atoms with E-state index in [4.69, 9.17) is 4.52 Å². The molecule has 0 aliphatic heterocycles. The molecule has 4 N–H and O–H groups in total. The van der Waals surface area contributed by atoms with Crippen molar-refractivity contribution >= 4 is 31.4 Å². The molecule has 0 heterocycles. The number of rotatable bonds is 13. The molecule has 0 fully saturated rings. The van der Waals surface area contributed by atoms with Gasteiger partial charge in [0.15, 0.2) is 0 Å². The minimum absolute atomic E-state index is 0.00575. The first-order valence-electron chi connectivity index (χ1n) is 9.18. The molecule has 0 spiro atoms. The molecule has 9 nitrogen and oxygen atoms in total. The van der Waals surface area contributed by atoms with Crippen molar-refractivity contribution in [2.75, 3.05) is 32.1 Å². The van der Waals surface area contributed by atoms with E-state index >= 15 is 0 Å². The van der Waals surface area contributed by atoms with Gasteiger partial charge in [-0.25, -0.2) is 4.57 Å². The van der Waals surface area contributed by atoms with Crippen molar-refractivity contribution in [3.63, 3.8) is 0 Å². The molecule has 0 bridgehead atoms. The average Bonchev–Trinajstić information content (AvgIpc) is 2.55. The largest absolute Gasteiger partial charge is 0.472 e. The molecule has 166 valence electrons. The van der Waals surface area contributed by atoms with Crippen molar-refractivity contribution in [2.45, 2.75) is 58.8 Å². The lowest BCUT2D eigenvalue weighted by molar-refractivity contribution is -0.137. The predicted octanol–water partition coefficient (Wildman–Crippen LogP) is 1.68. The standard InChI is InChI=1S/C17H35N2O7PS/c1-7-25-27(23,24)26-12-17(5,6)14(21)15(22)19-9-8-13(20)18-10-11-28-16(2,3)4/h14,21H,7-12H2,1-6H3,(H,18,20)(H,19,22)(H,23,24). The van der Waals surface area contributed by atoms with Gasteiger partial charge in [-0.1, -0.05) is 34.6 Å². The number of phosphoric ester groups is 1. The highest BCUT2D eigenvalue weighted by Crippen LogP contribution is 2.44. The van der Waals surface area contributed by atoms with E-state index in [-0.39, 0.29) is 36.8 Å². The van der Waals surface area contributed by atoms with Crippen molar-refractivity contribution < 1.29 is 33.2 Å². The normalized spacial score (nSPS) is 15.6. The highest BCUT2D eigenvalue weighted by atomic mass is 32.2. The summed E-state index contributed by atoms with van der Waals surface area (Å²) < 4.78 is 21.1. The Labute approximate surface area is 171 Å². The summed E-state index contributed by atoms with van der Waals surface area (Å²) in [6, 6.07) is 0. The molecule has 11 heteroatoms. The van der Waals surface area contributed by atoms with Crippen molar-refractivity contribution in [1.29, 1.82) is 0 Å². The third-order valence-electron chi connectivity index (χ3n) is 3.49. The number of hydrogen-bond acceptors (Lipinski definition) is 7. The Morgan fingerprint density at radius 2 is 1.71 bits per heavy atom. The van der Waals surface area contributed by atoms with Gasteiger partial charge in [0.1, 0.15) is 6.10 Å². The first kappa shape index (κ1) is 27.4. The molecule has 0 aromatic heterocycles. The second-order valence-corrected chi connectivity index (χ2v) is 11.3. The highest BCUT2D eigenvalue weighted by molar-refractivity contribution is 8.00. The van der Waals surface area contributed by atoms with Crippen LogP contribution in [0.5, 0.6) is 0 Å². The molecular weight excluding hydrogens is 407 g/mol. The van der Waals surface area contributed by atoms with E-state index in [0.717, 1.165) is 5.75 Å². The molecule has 0 rings (SSSR count). The van der Waals surface area contributed by atoms with Gasteiger partial charge in [-0.15, -0.1) is 0 Å². The number of aliphatic hydroxyl groups excluding tert-OH is 1. The number of amides is 2. The molecule has 2 unspecified atom stereocenters. The van der Waals surface area contributed by atoms with Crippen LogP contribution in [0.15, 0.2) is 0 Å². The number of carbonyl (C=O) groups excluding carboxylic acids is 2. The highest BCUT2D eigenvalue weighted by Gasteiger charge is 2.36. The van der Waals surface area contributed by atoms with E-state index in [9.17, 15) is 24.2 Å². The van der Waals surface area contributed by atoms with Crippen molar-refractivity contribution in [2.24, 2.45) is 5.41 Å². The number of phosphoric acid groups is 1. The summed E-state index contributed by atoms with van der Waals surface area (Å²) in [6.07, 6.45) is -1.40. The summed E-state index contributed by atoms with van der Waals surface area (Å²) in [4.78, 5) is 33.3. The fraction of sp³-hybridized carbons (Fsp3) is 0.882. The van der Waals surface area contributed by atoms with Gasteiger partial charge in [0, 0.05) is 35.4 Å². The van der Waals surface area contributed by atoms with E-state index in [2.05, 4.69) is 35.9 Å². The van der Waals surface area contributed by atoms with Gasteiger partial charge in [-0.2, -0.15) is 11.8 Å². The molecule has 0 aliphatic carbocycles. The molecule has 0 saturated carbocycles. The molecule has 0 aromatic rings. The SMILES string of the molecule is CCOP(=O)(O)OCC(C)(C)C(O)C(=O)NCCC(=O)NCCSC(C)(C)C. The number of thioether (sulfide) groups is 1. The zero-order valence-electron chi connectivity index (χ0n) is 17.6. The summed E-state index contributed by atoms with van der Waals surface area (Å²) in [7, 11) is -4.21. The Bertz CT molecular complexity index is 552. The average molecular weight is 443 g/mol. The smallest absolute Gasteiger partial charge is 0.383 e. The summed E-state index contributed by atoms with van der Waals surface area (Å²) in [5.41, 5.74) is -1.13. The number of nitrogens with one attached hydrogen (secondary N) is 2. The lowest BCUT2D eigenvalue weighted by Crippen LogP contribution is -2.46. The van der Waals surface area contributed by atoms with Crippen LogP contribution in [-0.2, 0) is 23.2 Å². The van der Waals surface area contributed by atoms with E-state index in [1.807, 2.05) is 0 Å². The Morgan fingerprint density at radius 3 is 2.25 bits per heavy atom. The van der Waals surface area contributed by atoms with Gasteiger partial charge in [0.2, 0.25) is 11.8 Å². The Hall–Kier alpha value is -0.640. The van der Waals surface area contributed by atoms with Crippen molar-refractivity contribution in [3.05, 3.63) is 0 Å². The fourth-order valence-electron chi connectivity index (χ4n) is 1.91. The monoisotopic (exact) mass is 442 g/mol. The van der Waals surface area contributed by atoms with Crippen LogP contribution in [0.2, 0.25) is 0 Å². The molecule has 28 heavy (non-hydrogen) atoms. The summed E-state index contributed by atoms with van der Waals surface area (Å²) in [5, 5.41) is 15.4. The quantitative estimate of drug-likeness (QED) is 0.250. The zero-order valence-corrected chi connectivity index (χ0v) is 19.3. The van der Waals surface area contributed by atoms with Crippen LogP contribution in [-0.4, -0.2) is 64.7 Å². The first-order valence-corrected chi connectivity index (χ1v) is 11.7. The van der Waals surface area contributed by atoms with E-state index in [1.165, 1.54) is 13.8 Å². The fourth-order valence-corrected chi connectivity index (χ4v) is 3.63. The van der Waals surface area contributed by atoms with Crippen LogP contribution in [0.25, 0.3) is 0 Å². The van der Waals surface area contributed by atoms with E-state index in [0.29, 0.717) is 6.54 Å². The second-order valence-electron chi connectivity index (χ2n) is 7.90. The van der Waals surface area contributed by atoms with Crippen molar-refractivity contribution in [3.8, 4) is 0 Å². The Kier molecular flexibility index (Phi) is 11.9. The summed E-state index contributed by atoms with van der Waals surface area (Å²) in [6.45, 7) is 11.1. The van der Waals surface area contributed by atoms with Gasteiger partial charge < -0.3 is 20.6 Å². The Balaban J connectivity index is 4.22. The van der Waals surface area contributed by atoms with Gasteiger partial charge >= 0.3 is 7.82 Å². The van der Waals surface area contributed by atoms with Gasteiger partial charge in [0.25, 0.3) is 0 Å². The van der Waals surface area contributed by atoms with Crippen LogP contribution in [0.4, 0.5) is 0 Å². The molecule has 0 radical (unpaired) electrons. The summed E-state index contributed by atoms with van der Waals surface area (Å²) in [5.74, 6) is -0.0796. The minimum atomic E-state index is -4.21. The minimum Gasteiger partial charge on any atom is -0.383 e. The van der Waals surface area contributed by atoms with Crippen LogP contribution in [0.1, 0.15) is 48.0 Å². The third kappa shape index (κ3) is 12.7. The second kappa shape index (κ2) is 12.1. The maximum absolute atomic E-state index is 12.1. The molecule has 0 aliphatic rings. The molecular formula is C17H35N2O7PS. The van der Waals surface area contributed by atoms with Crippen LogP contribution in [0, 0.1) is 5.41 Å². The number of aliphatic hydroxyl groups is 1. The summed E-state index contributed by atoms with van der Waals surface area (Å²) >= 11 is 1.74. The zero-order chi connectivity index (χ0) is 22.0. The molecule has 0 saturated heterocycles. The number of carbonyl (C=O) groups is 2. The van der Waals surface area contributed by atoms with Crippen LogP contribution < -0.4 is 10.6 Å². The third-order valence-corrected chi connectivity index (χ3v) is 5.81. The van der Waals surface area contributed by atoms with Crippen LogP contribution in [0.3, 0.4) is 0 Å². The molecule has 0 aromatic carbocycles. The maximum Gasteiger partial charge on any atom is 0.472 e. The lowest BCUT2D eigenvalue weighted by Gasteiger charge is -2.29. The van der Waals surface area contributed by atoms with E-state index in [1.54, 1.807) is 18.7 Å². The predicted molar refractivity (Wildman–Crippen MR) is 110 cm³/mol. The first-order chi connectivity index (χ1) is 12.7. The lowest BCUT2D eigenvalue weighted by atomic mass is 9.87. The number of hydrogen-bond donors (Lipinski definition) is 4. The van der Waals surface area contributed by atoms with E-state index < -0.39 is 25.2 Å². The van der Waals surface area contributed by atoms with Gasteiger partial charge in [0.05, 0.1) is 13.2 Å².